The number of hydrogen-bond donors (Lipinski definition) is 1. The van der Waals surface area contributed by atoms with Crippen molar-refractivity contribution in [1.29, 1.82) is 0 Å². The van der Waals surface area contributed by atoms with E-state index in [2.05, 4.69) is 6.58 Å². The maximum Gasteiger partial charge on any atom is 0.148 e. The standard InChI is InChI=1S/C9H10O2/c1-6-3-7(2)9(11)8(4-6)5-10/h3-5,9,11H,2H2,1H3. The van der Waals surface area contributed by atoms with E-state index < -0.39 is 6.10 Å². The molecule has 11 heavy (non-hydrogen) atoms. The van der Waals surface area contributed by atoms with Crippen LogP contribution in [0.5, 0.6) is 0 Å². The van der Waals surface area contributed by atoms with Gasteiger partial charge in [-0.25, -0.2) is 0 Å². The minimum absolute atomic E-state index is 0.384. The van der Waals surface area contributed by atoms with Gasteiger partial charge in [-0.15, -0.1) is 0 Å². The molecule has 1 unspecified atom stereocenters. The van der Waals surface area contributed by atoms with Crippen molar-refractivity contribution in [3.63, 3.8) is 0 Å². The minimum Gasteiger partial charge on any atom is -0.384 e. The molecule has 0 amide bonds. The van der Waals surface area contributed by atoms with E-state index in [9.17, 15) is 9.90 Å². The number of carbonyl (C=O) groups is 1. The van der Waals surface area contributed by atoms with Crippen LogP contribution in [0.2, 0.25) is 0 Å². The summed E-state index contributed by atoms with van der Waals surface area (Å²) < 4.78 is 0. The maximum absolute atomic E-state index is 10.4. The molecular weight excluding hydrogens is 140 g/mol. The molecule has 2 nitrogen and oxygen atoms in total. The van der Waals surface area contributed by atoms with Crippen LogP contribution in [-0.4, -0.2) is 17.5 Å². The van der Waals surface area contributed by atoms with Gasteiger partial charge in [-0.3, -0.25) is 4.79 Å². The molecule has 0 saturated carbocycles. The van der Waals surface area contributed by atoms with Gasteiger partial charge in [0.05, 0.1) is 0 Å². The maximum atomic E-state index is 10.4. The Hall–Kier alpha value is -1.15. The Bertz CT molecular complexity index is 259. The third kappa shape index (κ3) is 1.46. The molecule has 0 aromatic heterocycles. The van der Waals surface area contributed by atoms with Crippen LogP contribution in [-0.2, 0) is 4.79 Å². The molecule has 0 aromatic rings. The Kier molecular flexibility index (Phi) is 2.06. The SMILES string of the molecule is C=C1C=C(C)C=C(C=O)C1O. The predicted molar refractivity (Wildman–Crippen MR) is 43.1 cm³/mol. The van der Waals surface area contributed by atoms with Crippen molar-refractivity contribution in [2.75, 3.05) is 0 Å². The summed E-state index contributed by atoms with van der Waals surface area (Å²) in [4.78, 5) is 10.4. The average molecular weight is 150 g/mol. The second kappa shape index (κ2) is 2.84. The smallest absolute Gasteiger partial charge is 0.148 e. The topological polar surface area (TPSA) is 37.3 Å². The molecule has 0 fully saturated rings. The van der Waals surface area contributed by atoms with Crippen LogP contribution in [0.25, 0.3) is 0 Å². The van der Waals surface area contributed by atoms with Crippen LogP contribution in [0.3, 0.4) is 0 Å². The van der Waals surface area contributed by atoms with Gasteiger partial charge >= 0.3 is 0 Å². The largest absolute Gasteiger partial charge is 0.384 e. The first-order valence-corrected chi connectivity index (χ1v) is 3.37. The van der Waals surface area contributed by atoms with Crippen LogP contribution in [0.1, 0.15) is 6.92 Å². The molecule has 0 spiro atoms. The molecular formula is C9H10O2. The van der Waals surface area contributed by atoms with Gasteiger partial charge in [0, 0.05) is 5.57 Å². The van der Waals surface area contributed by atoms with Crippen LogP contribution in [0, 0.1) is 0 Å². The third-order valence-electron chi connectivity index (χ3n) is 1.61. The lowest BCUT2D eigenvalue weighted by Crippen LogP contribution is -2.15. The van der Waals surface area contributed by atoms with E-state index in [-0.39, 0.29) is 0 Å². The van der Waals surface area contributed by atoms with Gasteiger partial charge in [-0.05, 0) is 18.6 Å². The summed E-state index contributed by atoms with van der Waals surface area (Å²) in [6.45, 7) is 5.48. The molecule has 2 heteroatoms. The third-order valence-corrected chi connectivity index (χ3v) is 1.61. The lowest BCUT2D eigenvalue weighted by Gasteiger charge is -2.15. The molecule has 1 aliphatic rings. The summed E-state index contributed by atoms with van der Waals surface area (Å²) in [6, 6.07) is 0. The molecule has 0 saturated heterocycles. The van der Waals surface area contributed by atoms with Crippen molar-refractivity contribution in [2.24, 2.45) is 0 Å². The van der Waals surface area contributed by atoms with Gasteiger partial charge in [0.1, 0.15) is 12.4 Å². The Labute approximate surface area is 65.5 Å². The van der Waals surface area contributed by atoms with Gasteiger partial charge in [0.25, 0.3) is 0 Å². The molecule has 58 valence electrons. The number of allylic oxidation sites excluding steroid dienone is 2. The molecule has 1 aliphatic carbocycles. The second-order valence-corrected chi connectivity index (χ2v) is 2.63. The second-order valence-electron chi connectivity index (χ2n) is 2.63. The van der Waals surface area contributed by atoms with Gasteiger partial charge in [-0.1, -0.05) is 18.2 Å². The minimum atomic E-state index is -0.809. The van der Waals surface area contributed by atoms with Crippen molar-refractivity contribution >= 4 is 6.29 Å². The number of aliphatic hydroxyl groups excluding tert-OH is 1. The van der Waals surface area contributed by atoms with Crippen LogP contribution < -0.4 is 0 Å². The van der Waals surface area contributed by atoms with E-state index in [0.29, 0.717) is 17.4 Å². The molecule has 0 bridgehead atoms. The summed E-state index contributed by atoms with van der Waals surface area (Å²) >= 11 is 0. The van der Waals surface area contributed by atoms with E-state index in [1.165, 1.54) is 0 Å². The van der Waals surface area contributed by atoms with Crippen LogP contribution in [0.4, 0.5) is 0 Å². The zero-order chi connectivity index (χ0) is 8.43. The highest BCUT2D eigenvalue weighted by atomic mass is 16.3. The lowest BCUT2D eigenvalue weighted by molar-refractivity contribution is -0.105. The number of hydrogen-bond acceptors (Lipinski definition) is 2. The van der Waals surface area contributed by atoms with E-state index in [4.69, 9.17) is 0 Å². The van der Waals surface area contributed by atoms with Crippen molar-refractivity contribution in [3.8, 4) is 0 Å². The highest BCUT2D eigenvalue weighted by Gasteiger charge is 2.15. The van der Waals surface area contributed by atoms with Crippen LogP contribution in [0.15, 0.2) is 35.5 Å². The van der Waals surface area contributed by atoms with Gasteiger partial charge < -0.3 is 5.11 Å². The molecule has 0 heterocycles. The number of aldehydes is 1. The van der Waals surface area contributed by atoms with Gasteiger partial charge in [0.15, 0.2) is 0 Å². The van der Waals surface area contributed by atoms with Crippen molar-refractivity contribution in [3.05, 3.63) is 35.5 Å². The van der Waals surface area contributed by atoms with Gasteiger partial charge in [-0.2, -0.15) is 0 Å². The normalized spacial score (nSPS) is 24.2. The fourth-order valence-corrected chi connectivity index (χ4v) is 1.07. The van der Waals surface area contributed by atoms with Crippen molar-refractivity contribution in [1.82, 2.24) is 0 Å². The average Bonchev–Trinajstić information content (AvgIpc) is 1.96. The Balaban J connectivity index is 3.02. The molecule has 0 radical (unpaired) electrons. The lowest BCUT2D eigenvalue weighted by atomic mass is 9.95. The first-order valence-electron chi connectivity index (χ1n) is 3.37. The molecule has 1 rings (SSSR count). The number of carbonyl (C=O) groups excluding carboxylic acids is 1. The van der Waals surface area contributed by atoms with E-state index in [1.807, 2.05) is 6.92 Å². The number of rotatable bonds is 1. The Morgan fingerprint density at radius 2 is 2.27 bits per heavy atom. The highest BCUT2D eigenvalue weighted by Crippen LogP contribution is 2.19. The summed E-state index contributed by atoms with van der Waals surface area (Å²) in [7, 11) is 0. The van der Waals surface area contributed by atoms with E-state index in [1.54, 1.807) is 12.2 Å². The quantitative estimate of drug-likeness (QED) is 0.566. The molecule has 1 atom stereocenters. The van der Waals surface area contributed by atoms with E-state index >= 15 is 0 Å². The Morgan fingerprint density at radius 3 is 2.82 bits per heavy atom. The monoisotopic (exact) mass is 150 g/mol. The van der Waals surface area contributed by atoms with Crippen molar-refractivity contribution in [2.45, 2.75) is 13.0 Å². The summed E-state index contributed by atoms with van der Waals surface area (Å²) in [5.41, 5.74) is 1.91. The number of aliphatic hydroxyl groups is 1. The summed E-state index contributed by atoms with van der Waals surface area (Å²) in [6.07, 6.45) is 3.27. The Morgan fingerprint density at radius 1 is 1.64 bits per heavy atom. The zero-order valence-electron chi connectivity index (χ0n) is 6.37. The molecule has 1 N–H and O–H groups in total. The highest BCUT2D eigenvalue weighted by molar-refractivity contribution is 5.78. The summed E-state index contributed by atoms with van der Waals surface area (Å²) in [5, 5.41) is 9.31. The fourth-order valence-electron chi connectivity index (χ4n) is 1.07. The van der Waals surface area contributed by atoms with E-state index in [0.717, 1.165) is 5.57 Å². The summed E-state index contributed by atoms with van der Waals surface area (Å²) in [5.74, 6) is 0. The van der Waals surface area contributed by atoms with Crippen molar-refractivity contribution < 1.29 is 9.90 Å². The van der Waals surface area contributed by atoms with Gasteiger partial charge in [0.2, 0.25) is 0 Å². The molecule has 0 aromatic carbocycles. The molecule has 0 aliphatic heterocycles. The first kappa shape index (κ1) is 7.95. The first-order chi connectivity index (χ1) is 5.15. The zero-order valence-corrected chi connectivity index (χ0v) is 6.37. The fraction of sp³-hybridized carbons (Fsp3) is 0.222. The predicted octanol–water partition coefficient (Wildman–Crippen LogP) is 0.989. The van der Waals surface area contributed by atoms with Crippen LogP contribution >= 0.6 is 0 Å².